The summed E-state index contributed by atoms with van der Waals surface area (Å²) in [4.78, 5) is 12.4. The summed E-state index contributed by atoms with van der Waals surface area (Å²) in [5.41, 5.74) is 1.41. The lowest BCUT2D eigenvalue weighted by molar-refractivity contribution is 0.102. The van der Waals surface area contributed by atoms with Gasteiger partial charge in [-0.25, -0.2) is 0 Å². The molecule has 0 fully saturated rings. The van der Waals surface area contributed by atoms with E-state index < -0.39 is 5.91 Å². The van der Waals surface area contributed by atoms with Gasteiger partial charge in [-0.2, -0.15) is 0 Å². The lowest BCUT2D eigenvalue weighted by atomic mass is 10.1. The number of nitrogens with one attached hydrogen (secondary N) is 1. The number of hydrogen-bond donors (Lipinski definition) is 2. The fourth-order valence-electron chi connectivity index (χ4n) is 2.46. The van der Waals surface area contributed by atoms with Crippen molar-refractivity contribution in [3.05, 3.63) is 71.4 Å². The summed E-state index contributed by atoms with van der Waals surface area (Å²) in [5.74, 6) is 0.613. The van der Waals surface area contributed by atoms with Gasteiger partial charge >= 0.3 is 0 Å². The Labute approximate surface area is 158 Å². The lowest BCUT2D eigenvalue weighted by Gasteiger charge is -2.08. The van der Waals surface area contributed by atoms with Crippen LogP contribution in [0.15, 0.2) is 69.7 Å². The van der Waals surface area contributed by atoms with Crippen molar-refractivity contribution < 1.29 is 18.7 Å². The van der Waals surface area contributed by atoms with Gasteiger partial charge in [0, 0.05) is 11.3 Å². The number of anilines is 1. The van der Waals surface area contributed by atoms with E-state index in [0.717, 1.165) is 0 Å². The summed E-state index contributed by atoms with van der Waals surface area (Å²) in [6, 6.07) is 14.5. The van der Waals surface area contributed by atoms with E-state index in [1.165, 1.54) is 24.5 Å². The highest BCUT2D eigenvalue weighted by Gasteiger charge is 2.14. The average Bonchev–Trinajstić information content (AvgIpc) is 3.33. The number of phenolic OH excluding ortho intramolecular Hbond substituents is 1. The van der Waals surface area contributed by atoms with Gasteiger partial charge in [-0.05, 0) is 48.5 Å². The first-order chi connectivity index (χ1) is 13.1. The Bertz CT molecular complexity index is 1110. The van der Waals surface area contributed by atoms with Crippen molar-refractivity contribution >= 4 is 23.2 Å². The molecule has 2 heterocycles. The second-order valence-electron chi connectivity index (χ2n) is 5.59. The highest BCUT2D eigenvalue weighted by Crippen LogP contribution is 2.27. The van der Waals surface area contributed by atoms with Crippen LogP contribution in [-0.4, -0.2) is 21.2 Å². The molecule has 0 aliphatic heterocycles. The van der Waals surface area contributed by atoms with Crippen LogP contribution in [0, 0.1) is 0 Å². The molecule has 0 aliphatic rings. The molecule has 0 bridgehead atoms. The van der Waals surface area contributed by atoms with Crippen LogP contribution >= 0.6 is 11.6 Å². The summed E-state index contributed by atoms with van der Waals surface area (Å²) in [6.07, 6.45) is 1.52. The van der Waals surface area contributed by atoms with E-state index in [1.54, 1.807) is 36.4 Å². The van der Waals surface area contributed by atoms with Crippen LogP contribution < -0.4 is 5.32 Å². The minimum atomic E-state index is -0.404. The molecule has 2 N–H and O–H groups in total. The van der Waals surface area contributed by atoms with E-state index in [1.807, 2.05) is 0 Å². The Kier molecular flexibility index (Phi) is 4.35. The third-order valence-electron chi connectivity index (χ3n) is 3.72. The average molecular weight is 382 g/mol. The van der Waals surface area contributed by atoms with Gasteiger partial charge in [-0.3, -0.25) is 4.79 Å². The molecule has 8 heteroatoms. The van der Waals surface area contributed by atoms with Gasteiger partial charge in [-0.15, -0.1) is 10.2 Å². The quantitative estimate of drug-likeness (QED) is 0.535. The zero-order valence-electron chi connectivity index (χ0n) is 13.7. The second kappa shape index (κ2) is 6.97. The van der Waals surface area contributed by atoms with Gasteiger partial charge < -0.3 is 19.3 Å². The number of benzene rings is 2. The maximum atomic E-state index is 12.4. The Morgan fingerprint density at radius 1 is 1.04 bits per heavy atom. The number of rotatable bonds is 4. The standard InChI is InChI=1S/C19H12ClN3O4/c20-15-10-13(24)6-7-14(15)17(25)21-12-4-1-3-11(9-12)18-22-23-19(27-18)16-5-2-8-26-16/h1-10,24H,(H,21,25). The maximum absolute atomic E-state index is 12.4. The third-order valence-corrected chi connectivity index (χ3v) is 4.03. The Morgan fingerprint density at radius 3 is 2.67 bits per heavy atom. The SMILES string of the molecule is O=C(Nc1cccc(-c2nnc(-c3ccco3)o2)c1)c1ccc(O)cc1Cl. The zero-order valence-corrected chi connectivity index (χ0v) is 14.5. The van der Waals surface area contributed by atoms with E-state index in [9.17, 15) is 9.90 Å². The van der Waals surface area contributed by atoms with Crippen LogP contribution in [0.25, 0.3) is 23.1 Å². The molecule has 0 unspecified atom stereocenters. The van der Waals surface area contributed by atoms with Gasteiger partial charge in [-0.1, -0.05) is 17.7 Å². The first-order valence-electron chi connectivity index (χ1n) is 7.88. The minimum Gasteiger partial charge on any atom is -0.508 e. The largest absolute Gasteiger partial charge is 0.508 e. The molecule has 0 spiro atoms. The number of furan rings is 1. The van der Waals surface area contributed by atoms with Crippen molar-refractivity contribution in [3.63, 3.8) is 0 Å². The summed E-state index contributed by atoms with van der Waals surface area (Å²) in [7, 11) is 0. The fourth-order valence-corrected chi connectivity index (χ4v) is 2.72. The Morgan fingerprint density at radius 2 is 1.89 bits per heavy atom. The van der Waals surface area contributed by atoms with Crippen molar-refractivity contribution in [3.8, 4) is 28.9 Å². The van der Waals surface area contributed by atoms with Crippen molar-refractivity contribution in [2.45, 2.75) is 0 Å². The number of aromatic hydroxyl groups is 1. The normalized spacial score (nSPS) is 10.7. The molecule has 0 atom stereocenters. The van der Waals surface area contributed by atoms with Crippen LogP contribution in [0.2, 0.25) is 5.02 Å². The number of carbonyl (C=O) groups excluding carboxylic acids is 1. The zero-order chi connectivity index (χ0) is 18.8. The summed E-state index contributed by atoms with van der Waals surface area (Å²) < 4.78 is 10.8. The van der Waals surface area contributed by atoms with E-state index >= 15 is 0 Å². The molecule has 0 aliphatic carbocycles. The fraction of sp³-hybridized carbons (Fsp3) is 0. The summed E-state index contributed by atoms with van der Waals surface area (Å²) >= 11 is 6.01. The molecule has 2 aromatic carbocycles. The van der Waals surface area contributed by atoms with E-state index in [2.05, 4.69) is 15.5 Å². The highest BCUT2D eigenvalue weighted by atomic mass is 35.5. The predicted molar refractivity (Wildman–Crippen MR) is 98.5 cm³/mol. The van der Waals surface area contributed by atoms with Gasteiger partial charge in [0.25, 0.3) is 11.8 Å². The molecule has 27 heavy (non-hydrogen) atoms. The topological polar surface area (TPSA) is 101 Å². The van der Waals surface area contributed by atoms with Crippen molar-refractivity contribution in [1.29, 1.82) is 0 Å². The molecule has 4 aromatic rings. The number of phenols is 1. The van der Waals surface area contributed by atoms with Crippen molar-refractivity contribution in [2.75, 3.05) is 5.32 Å². The Hall–Kier alpha value is -3.58. The molecule has 7 nitrogen and oxygen atoms in total. The van der Waals surface area contributed by atoms with Crippen LogP contribution in [0.3, 0.4) is 0 Å². The number of nitrogens with zero attached hydrogens (tertiary/aromatic N) is 2. The molecule has 4 rings (SSSR count). The molecular weight excluding hydrogens is 370 g/mol. The Balaban J connectivity index is 1.57. The van der Waals surface area contributed by atoms with E-state index in [0.29, 0.717) is 22.9 Å². The van der Waals surface area contributed by atoms with Gasteiger partial charge in [0.05, 0.1) is 16.8 Å². The van der Waals surface area contributed by atoms with E-state index in [4.69, 9.17) is 20.4 Å². The molecular formula is C19H12ClN3O4. The number of amides is 1. The predicted octanol–water partition coefficient (Wildman–Crippen LogP) is 4.61. The van der Waals surface area contributed by atoms with Crippen LogP contribution in [-0.2, 0) is 0 Å². The summed E-state index contributed by atoms with van der Waals surface area (Å²) in [5, 5.41) is 20.3. The number of carbonyl (C=O) groups is 1. The molecule has 2 aromatic heterocycles. The van der Waals surface area contributed by atoms with Crippen molar-refractivity contribution in [2.24, 2.45) is 0 Å². The molecule has 0 radical (unpaired) electrons. The first-order valence-corrected chi connectivity index (χ1v) is 8.25. The van der Waals surface area contributed by atoms with E-state index in [-0.39, 0.29) is 22.2 Å². The molecule has 1 amide bonds. The number of aromatic nitrogens is 2. The van der Waals surface area contributed by atoms with Crippen LogP contribution in [0.5, 0.6) is 5.75 Å². The highest BCUT2D eigenvalue weighted by molar-refractivity contribution is 6.34. The van der Waals surface area contributed by atoms with Gasteiger partial charge in [0.1, 0.15) is 5.75 Å². The monoisotopic (exact) mass is 381 g/mol. The number of hydrogen-bond acceptors (Lipinski definition) is 6. The number of halogens is 1. The van der Waals surface area contributed by atoms with Gasteiger partial charge in [0.15, 0.2) is 5.76 Å². The van der Waals surface area contributed by atoms with Crippen LogP contribution in [0.1, 0.15) is 10.4 Å². The van der Waals surface area contributed by atoms with Crippen molar-refractivity contribution in [1.82, 2.24) is 10.2 Å². The lowest BCUT2D eigenvalue weighted by Crippen LogP contribution is -2.12. The van der Waals surface area contributed by atoms with Crippen LogP contribution in [0.4, 0.5) is 5.69 Å². The second-order valence-corrected chi connectivity index (χ2v) is 6.00. The minimum absolute atomic E-state index is 0.0118. The smallest absolute Gasteiger partial charge is 0.283 e. The molecule has 134 valence electrons. The molecule has 0 saturated carbocycles. The van der Waals surface area contributed by atoms with Gasteiger partial charge in [0.2, 0.25) is 5.89 Å². The maximum Gasteiger partial charge on any atom is 0.283 e. The molecule has 0 saturated heterocycles. The third kappa shape index (κ3) is 3.54. The first kappa shape index (κ1) is 16.9. The summed E-state index contributed by atoms with van der Waals surface area (Å²) in [6.45, 7) is 0.